The van der Waals surface area contributed by atoms with Crippen LogP contribution in [0.25, 0.3) is 22.0 Å². The van der Waals surface area contributed by atoms with Crippen molar-refractivity contribution in [1.82, 2.24) is 4.98 Å². The van der Waals surface area contributed by atoms with Crippen molar-refractivity contribution in [3.63, 3.8) is 0 Å². The van der Waals surface area contributed by atoms with Crippen molar-refractivity contribution in [2.24, 2.45) is 0 Å². The summed E-state index contributed by atoms with van der Waals surface area (Å²) in [5.41, 5.74) is 2.08. The zero-order valence-electron chi connectivity index (χ0n) is 10.3. The maximum Gasteiger partial charge on any atom is 0.169 e. The number of carbonyl (C=O) groups is 1. The van der Waals surface area contributed by atoms with Crippen LogP contribution in [0.4, 0.5) is 4.39 Å². The average molecular weight is 286 g/mol. The molecular weight excluding hydrogens is 277 g/mol. The molecule has 3 rings (SSSR count). The Morgan fingerprint density at radius 2 is 1.90 bits per heavy atom. The fourth-order valence-electron chi connectivity index (χ4n) is 2.15. The molecule has 2 aromatic carbocycles. The third-order valence-corrected chi connectivity index (χ3v) is 3.41. The first kappa shape index (κ1) is 12.8. The van der Waals surface area contributed by atoms with E-state index in [4.69, 9.17) is 11.6 Å². The van der Waals surface area contributed by atoms with Crippen molar-refractivity contribution in [2.75, 3.05) is 0 Å². The summed E-state index contributed by atoms with van der Waals surface area (Å²) in [4.78, 5) is 15.5. The third kappa shape index (κ3) is 2.17. The number of aldehydes is 1. The van der Waals surface area contributed by atoms with Gasteiger partial charge in [0.05, 0.1) is 5.52 Å². The normalized spacial score (nSPS) is 10.7. The van der Waals surface area contributed by atoms with Gasteiger partial charge in [-0.15, -0.1) is 0 Å². The molecule has 98 valence electrons. The summed E-state index contributed by atoms with van der Waals surface area (Å²) in [6.45, 7) is 0. The van der Waals surface area contributed by atoms with Crippen LogP contribution in [-0.2, 0) is 0 Å². The second-order valence-corrected chi connectivity index (χ2v) is 4.76. The van der Waals surface area contributed by atoms with Gasteiger partial charge in [0.25, 0.3) is 0 Å². The van der Waals surface area contributed by atoms with Gasteiger partial charge in [-0.25, -0.2) is 9.37 Å². The van der Waals surface area contributed by atoms with Gasteiger partial charge in [0, 0.05) is 16.0 Å². The first-order chi connectivity index (χ1) is 9.69. The molecule has 4 heteroatoms. The molecule has 20 heavy (non-hydrogen) atoms. The van der Waals surface area contributed by atoms with Crippen molar-refractivity contribution in [3.8, 4) is 11.1 Å². The fourth-order valence-corrected chi connectivity index (χ4v) is 2.38. The van der Waals surface area contributed by atoms with E-state index in [9.17, 15) is 9.18 Å². The smallest absolute Gasteiger partial charge is 0.169 e. The number of hydrogen-bond donors (Lipinski definition) is 0. The van der Waals surface area contributed by atoms with Crippen LogP contribution in [0.5, 0.6) is 0 Å². The second kappa shape index (κ2) is 5.02. The molecule has 0 fully saturated rings. The molecule has 0 bridgehead atoms. The van der Waals surface area contributed by atoms with Gasteiger partial charge in [-0.2, -0.15) is 0 Å². The van der Waals surface area contributed by atoms with Crippen molar-refractivity contribution >= 4 is 28.8 Å². The molecule has 0 saturated carbocycles. The number of halogens is 2. The van der Waals surface area contributed by atoms with Gasteiger partial charge in [-0.3, -0.25) is 4.79 Å². The summed E-state index contributed by atoms with van der Waals surface area (Å²) in [7, 11) is 0. The summed E-state index contributed by atoms with van der Waals surface area (Å²) in [5, 5.41) is 1.28. The minimum Gasteiger partial charge on any atom is -0.296 e. The van der Waals surface area contributed by atoms with Crippen LogP contribution >= 0.6 is 11.6 Å². The number of nitrogens with zero attached hydrogens (tertiary/aromatic N) is 1. The van der Waals surface area contributed by atoms with E-state index in [0.717, 1.165) is 5.39 Å². The molecule has 0 spiro atoms. The Bertz CT molecular complexity index is 817. The van der Waals surface area contributed by atoms with Gasteiger partial charge in [0.1, 0.15) is 11.5 Å². The number of pyridine rings is 1. The third-order valence-electron chi connectivity index (χ3n) is 3.08. The number of benzene rings is 2. The van der Waals surface area contributed by atoms with Crippen LogP contribution in [0.1, 0.15) is 10.5 Å². The molecular formula is C16H9ClFNO. The molecule has 0 aliphatic carbocycles. The minimum absolute atomic E-state index is 0.269. The molecule has 3 aromatic rings. The Labute approximate surface area is 119 Å². The van der Waals surface area contributed by atoms with E-state index in [1.165, 1.54) is 12.1 Å². The lowest BCUT2D eigenvalue weighted by Gasteiger charge is -2.08. The summed E-state index contributed by atoms with van der Waals surface area (Å²) in [5.74, 6) is -0.362. The van der Waals surface area contributed by atoms with Gasteiger partial charge >= 0.3 is 0 Å². The lowest BCUT2D eigenvalue weighted by molar-refractivity contribution is 0.112. The molecule has 2 nitrogen and oxygen atoms in total. The van der Waals surface area contributed by atoms with E-state index in [1.807, 2.05) is 0 Å². The molecule has 0 atom stereocenters. The van der Waals surface area contributed by atoms with Crippen LogP contribution in [0.2, 0.25) is 5.02 Å². The average Bonchev–Trinajstić information content (AvgIpc) is 2.46. The van der Waals surface area contributed by atoms with Crippen LogP contribution in [-0.4, -0.2) is 11.3 Å². The highest BCUT2D eigenvalue weighted by Gasteiger charge is 2.10. The SMILES string of the molecule is O=Cc1nc2cccc(Cl)c2cc1-c1cccc(F)c1. The van der Waals surface area contributed by atoms with Gasteiger partial charge < -0.3 is 0 Å². The summed E-state index contributed by atoms with van der Waals surface area (Å²) >= 11 is 6.14. The van der Waals surface area contributed by atoms with Crippen LogP contribution in [0.3, 0.4) is 0 Å². The number of aromatic nitrogens is 1. The standard InChI is InChI=1S/C16H9ClFNO/c17-14-5-2-6-15-13(14)8-12(16(9-20)19-15)10-3-1-4-11(18)7-10/h1-9H. The predicted molar refractivity (Wildman–Crippen MR) is 77.5 cm³/mol. The largest absolute Gasteiger partial charge is 0.296 e. The predicted octanol–water partition coefficient (Wildman–Crippen LogP) is 4.51. The molecule has 0 aliphatic rings. The summed E-state index contributed by atoms with van der Waals surface area (Å²) in [6, 6.07) is 13.1. The van der Waals surface area contributed by atoms with Gasteiger partial charge in [0.15, 0.2) is 6.29 Å². The van der Waals surface area contributed by atoms with Gasteiger partial charge in [-0.05, 0) is 35.9 Å². The molecule has 0 saturated heterocycles. The molecule has 0 amide bonds. The first-order valence-electron chi connectivity index (χ1n) is 5.99. The van der Waals surface area contributed by atoms with Crippen LogP contribution in [0, 0.1) is 5.82 Å². The Hall–Kier alpha value is -2.26. The Balaban J connectivity index is 2.34. The van der Waals surface area contributed by atoms with Crippen molar-refractivity contribution in [2.45, 2.75) is 0 Å². The topological polar surface area (TPSA) is 30.0 Å². The molecule has 0 N–H and O–H groups in total. The van der Waals surface area contributed by atoms with Gasteiger partial charge in [0.2, 0.25) is 0 Å². The molecule has 1 aromatic heterocycles. The quantitative estimate of drug-likeness (QED) is 0.649. The summed E-state index contributed by atoms with van der Waals surface area (Å²) in [6.07, 6.45) is 0.667. The van der Waals surface area contributed by atoms with E-state index in [0.29, 0.717) is 28.0 Å². The van der Waals surface area contributed by atoms with Crippen molar-refractivity contribution in [3.05, 3.63) is 65.1 Å². The lowest BCUT2D eigenvalue weighted by Crippen LogP contribution is -1.94. The highest BCUT2D eigenvalue weighted by Crippen LogP contribution is 2.29. The maximum atomic E-state index is 13.3. The second-order valence-electron chi connectivity index (χ2n) is 4.36. The van der Waals surface area contributed by atoms with Crippen LogP contribution in [0.15, 0.2) is 48.5 Å². The number of hydrogen-bond acceptors (Lipinski definition) is 2. The number of carbonyl (C=O) groups excluding carboxylic acids is 1. The molecule has 0 unspecified atom stereocenters. The van der Waals surface area contributed by atoms with E-state index in [-0.39, 0.29) is 11.5 Å². The zero-order chi connectivity index (χ0) is 14.1. The fraction of sp³-hybridized carbons (Fsp3) is 0. The van der Waals surface area contributed by atoms with E-state index >= 15 is 0 Å². The van der Waals surface area contributed by atoms with Crippen LogP contribution < -0.4 is 0 Å². The van der Waals surface area contributed by atoms with Crippen molar-refractivity contribution < 1.29 is 9.18 Å². The Morgan fingerprint density at radius 3 is 2.65 bits per heavy atom. The lowest BCUT2D eigenvalue weighted by atomic mass is 10.0. The molecule has 0 aliphatic heterocycles. The summed E-state index contributed by atoms with van der Waals surface area (Å²) < 4.78 is 13.3. The van der Waals surface area contributed by atoms with E-state index in [2.05, 4.69) is 4.98 Å². The zero-order valence-corrected chi connectivity index (χ0v) is 11.1. The Kier molecular flexibility index (Phi) is 3.20. The first-order valence-corrected chi connectivity index (χ1v) is 6.37. The van der Waals surface area contributed by atoms with Gasteiger partial charge in [-0.1, -0.05) is 29.8 Å². The van der Waals surface area contributed by atoms with E-state index in [1.54, 1.807) is 36.4 Å². The highest BCUT2D eigenvalue weighted by atomic mass is 35.5. The number of fused-ring (bicyclic) bond motifs is 1. The molecule has 1 heterocycles. The maximum absolute atomic E-state index is 13.3. The van der Waals surface area contributed by atoms with E-state index < -0.39 is 0 Å². The molecule has 0 radical (unpaired) electrons. The number of rotatable bonds is 2. The van der Waals surface area contributed by atoms with Crippen molar-refractivity contribution in [1.29, 1.82) is 0 Å². The highest BCUT2D eigenvalue weighted by molar-refractivity contribution is 6.35. The Morgan fingerprint density at radius 1 is 1.10 bits per heavy atom. The minimum atomic E-state index is -0.362. The monoisotopic (exact) mass is 285 g/mol.